The Hall–Kier alpha value is -1.76. The third-order valence-electron chi connectivity index (χ3n) is 5.07. The molecule has 1 atom stereocenters. The molecule has 130 valence electrons. The van der Waals surface area contributed by atoms with Crippen molar-refractivity contribution < 1.29 is 0 Å². The number of aromatic nitrogens is 3. The van der Waals surface area contributed by atoms with Crippen LogP contribution in [0, 0.1) is 11.7 Å². The van der Waals surface area contributed by atoms with E-state index in [2.05, 4.69) is 54.5 Å². The second kappa shape index (κ2) is 6.52. The van der Waals surface area contributed by atoms with E-state index in [1.807, 2.05) is 27.6 Å². The van der Waals surface area contributed by atoms with Gasteiger partial charge in [-0.05, 0) is 49.5 Å². The number of hydrogen-bond acceptors (Lipinski definition) is 4. The Morgan fingerprint density at radius 3 is 2.76 bits per heavy atom. The molecule has 3 heterocycles. The van der Waals surface area contributed by atoms with Crippen molar-refractivity contribution in [3.05, 3.63) is 56.5 Å². The van der Waals surface area contributed by atoms with E-state index < -0.39 is 0 Å². The number of aryl methyl sites for hydroxylation is 1. The number of fused-ring (bicyclic) bond motifs is 1. The average Bonchev–Trinajstić information content (AvgIpc) is 3.19. The maximum atomic E-state index is 5.65. The van der Waals surface area contributed by atoms with Crippen LogP contribution in [-0.2, 0) is 20.1 Å². The summed E-state index contributed by atoms with van der Waals surface area (Å²) in [6, 6.07) is 11.1. The molecule has 0 fully saturated rings. The molecule has 0 amide bonds. The molecule has 0 saturated heterocycles. The molecular weight excluding hydrogens is 348 g/mol. The van der Waals surface area contributed by atoms with Crippen molar-refractivity contribution in [1.82, 2.24) is 19.2 Å². The van der Waals surface area contributed by atoms with Gasteiger partial charge in [0.05, 0.1) is 6.67 Å². The lowest BCUT2D eigenvalue weighted by Crippen LogP contribution is -2.35. The van der Waals surface area contributed by atoms with Crippen molar-refractivity contribution >= 4 is 23.6 Å². The summed E-state index contributed by atoms with van der Waals surface area (Å²) in [7, 11) is 2.00. The summed E-state index contributed by atoms with van der Waals surface area (Å²) in [6.07, 6.45) is 1.11. The first-order chi connectivity index (χ1) is 12.0. The lowest BCUT2D eigenvalue weighted by atomic mass is 10.0. The highest BCUT2D eigenvalue weighted by molar-refractivity contribution is 7.71. The molecule has 2 aromatic heterocycles. The van der Waals surface area contributed by atoms with E-state index in [0.29, 0.717) is 6.04 Å². The van der Waals surface area contributed by atoms with E-state index in [-0.39, 0.29) is 0 Å². The molecular formula is C19H22N4S2. The number of rotatable bonds is 3. The quantitative estimate of drug-likeness (QED) is 0.632. The van der Waals surface area contributed by atoms with Crippen molar-refractivity contribution in [1.29, 1.82) is 0 Å². The third kappa shape index (κ3) is 2.99. The molecule has 0 aliphatic carbocycles. The van der Waals surface area contributed by atoms with Crippen LogP contribution in [-0.4, -0.2) is 25.8 Å². The van der Waals surface area contributed by atoms with Gasteiger partial charge in [0.1, 0.15) is 0 Å². The molecule has 0 N–H and O–H groups in total. The van der Waals surface area contributed by atoms with Crippen LogP contribution in [0.15, 0.2) is 35.7 Å². The second-order valence-electron chi connectivity index (χ2n) is 6.71. The van der Waals surface area contributed by atoms with Gasteiger partial charge in [-0.15, -0.1) is 11.3 Å². The maximum absolute atomic E-state index is 5.65. The van der Waals surface area contributed by atoms with Gasteiger partial charge in [0.25, 0.3) is 0 Å². The zero-order valence-corrected chi connectivity index (χ0v) is 16.4. The number of thiophene rings is 1. The van der Waals surface area contributed by atoms with Crippen LogP contribution in [0.4, 0.5) is 0 Å². The Kier molecular flexibility index (Phi) is 4.35. The SMILES string of the molecule is Cc1ccc(-c2nn(CN3CCc4sccc4[C@@H]3C)c(=S)n2C)cc1. The Morgan fingerprint density at radius 2 is 2.00 bits per heavy atom. The van der Waals surface area contributed by atoms with Gasteiger partial charge in [-0.1, -0.05) is 29.8 Å². The highest BCUT2D eigenvalue weighted by Gasteiger charge is 2.25. The molecule has 0 saturated carbocycles. The molecule has 25 heavy (non-hydrogen) atoms. The summed E-state index contributed by atoms with van der Waals surface area (Å²) in [6.45, 7) is 6.15. The molecule has 0 bridgehead atoms. The lowest BCUT2D eigenvalue weighted by Gasteiger charge is -2.33. The van der Waals surface area contributed by atoms with Gasteiger partial charge in [-0.2, -0.15) is 5.10 Å². The fraction of sp³-hybridized carbons (Fsp3) is 0.368. The van der Waals surface area contributed by atoms with Gasteiger partial charge in [0.2, 0.25) is 0 Å². The van der Waals surface area contributed by atoms with E-state index in [9.17, 15) is 0 Å². The highest BCUT2D eigenvalue weighted by Crippen LogP contribution is 2.33. The fourth-order valence-electron chi connectivity index (χ4n) is 3.46. The van der Waals surface area contributed by atoms with E-state index in [0.717, 1.165) is 35.8 Å². The molecule has 0 radical (unpaired) electrons. The summed E-state index contributed by atoms with van der Waals surface area (Å²) in [5, 5.41) is 7.02. The monoisotopic (exact) mass is 370 g/mol. The first-order valence-corrected chi connectivity index (χ1v) is 9.84. The van der Waals surface area contributed by atoms with Crippen molar-refractivity contribution in [2.45, 2.75) is 33.0 Å². The van der Waals surface area contributed by atoms with Gasteiger partial charge in [0, 0.05) is 30.1 Å². The third-order valence-corrected chi connectivity index (χ3v) is 6.55. The van der Waals surface area contributed by atoms with Crippen LogP contribution in [0.5, 0.6) is 0 Å². The average molecular weight is 371 g/mol. The van der Waals surface area contributed by atoms with Gasteiger partial charge < -0.3 is 4.57 Å². The summed E-state index contributed by atoms with van der Waals surface area (Å²) in [5.74, 6) is 0.922. The fourth-order valence-corrected chi connectivity index (χ4v) is 4.61. The van der Waals surface area contributed by atoms with Crippen LogP contribution < -0.4 is 0 Å². The molecule has 1 aliphatic rings. The molecule has 4 rings (SSSR count). The largest absolute Gasteiger partial charge is 0.303 e. The molecule has 0 unspecified atom stereocenters. The molecule has 1 aromatic carbocycles. The topological polar surface area (TPSA) is 26.0 Å². The van der Waals surface area contributed by atoms with Gasteiger partial charge in [0.15, 0.2) is 10.6 Å². The lowest BCUT2D eigenvalue weighted by molar-refractivity contribution is 0.144. The minimum atomic E-state index is 0.404. The van der Waals surface area contributed by atoms with Gasteiger partial charge in [-0.3, -0.25) is 4.90 Å². The Morgan fingerprint density at radius 1 is 1.24 bits per heavy atom. The smallest absolute Gasteiger partial charge is 0.199 e. The van der Waals surface area contributed by atoms with Crippen molar-refractivity contribution in [3.63, 3.8) is 0 Å². The van der Waals surface area contributed by atoms with Crippen LogP contribution in [0.2, 0.25) is 0 Å². The van der Waals surface area contributed by atoms with E-state index in [1.165, 1.54) is 16.0 Å². The number of hydrogen-bond donors (Lipinski definition) is 0. The van der Waals surface area contributed by atoms with Gasteiger partial charge >= 0.3 is 0 Å². The van der Waals surface area contributed by atoms with Crippen LogP contribution in [0.25, 0.3) is 11.4 Å². The molecule has 1 aliphatic heterocycles. The Bertz CT molecular complexity index is 949. The van der Waals surface area contributed by atoms with Crippen molar-refractivity contribution in [2.75, 3.05) is 6.54 Å². The van der Waals surface area contributed by atoms with E-state index in [1.54, 1.807) is 0 Å². The number of benzene rings is 1. The summed E-state index contributed by atoms with van der Waals surface area (Å²) < 4.78 is 4.72. The first kappa shape index (κ1) is 16.7. The minimum absolute atomic E-state index is 0.404. The minimum Gasteiger partial charge on any atom is -0.303 e. The Balaban J connectivity index is 1.63. The van der Waals surface area contributed by atoms with E-state index >= 15 is 0 Å². The molecule has 0 spiro atoms. The zero-order valence-electron chi connectivity index (χ0n) is 14.8. The highest BCUT2D eigenvalue weighted by atomic mass is 32.1. The van der Waals surface area contributed by atoms with Crippen LogP contribution in [0.3, 0.4) is 0 Å². The molecule has 4 nitrogen and oxygen atoms in total. The molecule has 3 aromatic rings. The first-order valence-electron chi connectivity index (χ1n) is 8.56. The predicted molar refractivity (Wildman–Crippen MR) is 105 cm³/mol. The second-order valence-corrected chi connectivity index (χ2v) is 8.08. The van der Waals surface area contributed by atoms with Crippen molar-refractivity contribution in [2.24, 2.45) is 7.05 Å². The van der Waals surface area contributed by atoms with Crippen LogP contribution >= 0.6 is 23.6 Å². The van der Waals surface area contributed by atoms with Crippen LogP contribution in [0.1, 0.15) is 29.0 Å². The molecule has 6 heteroatoms. The number of nitrogens with zero attached hydrogens (tertiary/aromatic N) is 4. The standard InChI is InChI=1S/C19H22N4S2/c1-13-4-6-15(7-5-13)18-20-23(19(24)21(18)3)12-22-10-8-17-16(14(22)2)9-11-25-17/h4-7,9,11,14H,8,10,12H2,1-3H3/t14-/m0/s1. The van der Waals surface area contributed by atoms with E-state index in [4.69, 9.17) is 17.3 Å². The van der Waals surface area contributed by atoms with Crippen molar-refractivity contribution in [3.8, 4) is 11.4 Å². The summed E-state index contributed by atoms with van der Waals surface area (Å²) >= 11 is 7.52. The zero-order chi connectivity index (χ0) is 17.6. The normalized spacial score (nSPS) is 17.6. The Labute approximate surface area is 157 Å². The predicted octanol–water partition coefficient (Wildman–Crippen LogP) is 4.56. The van der Waals surface area contributed by atoms with Gasteiger partial charge in [-0.25, -0.2) is 4.68 Å². The summed E-state index contributed by atoms with van der Waals surface area (Å²) in [4.78, 5) is 3.98. The summed E-state index contributed by atoms with van der Waals surface area (Å²) in [5.41, 5.74) is 3.81. The maximum Gasteiger partial charge on any atom is 0.199 e.